The fraction of sp³-hybridized carbons (Fsp3) is 0.458. The molecule has 0 aromatic heterocycles. The van der Waals surface area contributed by atoms with Gasteiger partial charge in [-0.2, -0.15) is 0 Å². The summed E-state index contributed by atoms with van der Waals surface area (Å²) in [4.78, 5) is 15.1. The number of carbonyl (C=O) groups excluding carboxylic acids is 1. The maximum Gasteiger partial charge on any atom is 0.224 e. The van der Waals surface area contributed by atoms with Crippen LogP contribution in [-0.4, -0.2) is 18.2 Å². The summed E-state index contributed by atoms with van der Waals surface area (Å²) in [6.07, 6.45) is 0.929. The molecular formula is C24H31FN2OS. The normalized spacial score (nSPS) is 17.4. The minimum absolute atomic E-state index is 0.214. The van der Waals surface area contributed by atoms with Gasteiger partial charge in [-0.25, -0.2) is 4.39 Å². The lowest BCUT2D eigenvalue weighted by Gasteiger charge is -2.32. The second-order valence-corrected chi connectivity index (χ2v) is 9.56. The average Bonchev–Trinajstić information content (AvgIpc) is 2.67. The summed E-state index contributed by atoms with van der Waals surface area (Å²) in [5.41, 5.74) is 1.13. The Bertz CT molecular complexity index is 1080. The van der Waals surface area contributed by atoms with E-state index < -0.39 is 12.6 Å². The zero-order chi connectivity index (χ0) is 25.5. The van der Waals surface area contributed by atoms with Gasteiger partial charge in [0.2, 0.25) is 5.91 Å². The van der Waals surface area contributed by atoms with Gasteiger partial charge in [-0.05, 0) is 65.4 Å². The molecule has 0 fully saturated rings. The Morgan fingerprint density at radius 1 is 1.31 bits per heavy atom. The van der Waals surface area contributed by atoms with Crippen molar-refractivity contribution >= 4 is 29.0 Å². The molecule has 0 aliphatic carbocycles. The number of nitrogens with zero attached hydrogens (tertiary/aromatic N) is 1. The van der Waals surface area contributed by atoms with E-state index >= 15 is 0 Å². The number of hydrogen-bond acceptors (Lipinski definition) is 3. The van der Waals surface area contributed by atoms with E-state index in [-0.39, 0.29) is 23.6 Å². The van der Waals surface area contributed by atoms with Crippen molar-refractivity contribution in [2.75, 3.05) is 22.5 Å². The van der Waals surface area contributed by atoms with Crippen molar-refractivity contribution in [3.05, 3.63) is 52.8 Å². The Labute approximate surface area is 185 Å². The summed E-state index contributed by atoms with van der Waals surface area (Å²) in [6, 6.07) is 8.41. The highest BCUT2D eigenvalue weighted by molar-refractivity contribution is 7.99. The molecule has 29 heavy (non-hydrogen) atoms. The highest BCUT2D eigenvalue weighted by Gasteiger charge is 2.21. The van der Waals surface area contributed by atoms with E-state index in [1.807, 2.05) is 33.8 Å². The molecule has 156 valence electrons. The number of thioether (sulfide) groups is 1. The molecule has 0 atom stereocenters. The van der Waals surface area contributed by atoms with Crippen LogP contribution in [0.15, 0.2) is 35.2 Å². The Morgan fingerprint density at radius 3 is 2.83 bits per heavy atom. The Hall–Kier alpha value is -2.01. The topological polar surface area (TPSA) is 32.3 Å². The summed E-state index contributed by atoms with van der Waals surface area (Å²) >= 11 is 0.599. The Morgan fingerprint density at radius 2 is 2.10 bits per heavy atom. The number of fused-ring (bicyclic) bond motifs is 1. The summed E-state index contributed by atoms with van der Waals surface area (Å²) < 4.78 is 52.8. The predicted octanol–water partition coefficient (Wildman–Crippen LogP) is 6.18. The number of hydrogen-bond donors (Lipinski definition) is 1. The molecule has 3 rings (SSSR count). The molecule has 0 unspecified atom stereocenters. The molecular weight excluding hydrogens is 383 g/mol. The van der Waals surface area contributed by atoms with Gasteiger partial charge >= 0.3 is 0 Å². The number of nitrogens with one attached hydrogen (secondary N) is 1. The molecule has 1 aliphatic rings. The monoisotopic (exact) mass is 419 g/mol. The highest BCUT2D eigenvalue weighted by atomic mass is 32.2. The SMILES string of the molecule is [2H]C([2H])([2H])C([2H])([2H])Sc1cc(N2CCc3cc(F)ccc3C2)cc(C)c1NC(=O)CC(C)(C)C. The first kappa shape index (κ1) is 15.8. The fourth-order valence-electron chi connectivity index (χ4n) is 3.62. The van der Waals surface area contributed by atoms with E-state index in [2.05, 4.69) is 10.2 Å². The lowest BCUT2D eigenvalue weighted by molar-refractivity contribution is -0.117. The lowest BCUT2D eigenvalue weighted by Crippen LogP contribution is -2.30. The third-order valence-electron chi connectivity index (χ3n) is 4.95. The van der Waals surface area contributed by atoms with Gasteiger partial charge in [-0.3, -0.25) is 4.79 Å². The third-order valence-corrected chi connectivity index (χ3v) is 5.59. The van der Waals surface area contributed by atoms with Crippen LogP contribution in [0.2, 0.25) is 0 Å². The zero-order valence-electron chi connectivity index (χ0n) is 22.4. The van der Waals surface area contributed by atoms with Gasteiger partial charge in [-0.1, -0.05) is 33.7 Å². The Kier molecular flexibility index (Phi) is 4.78. The van der Waals surface area contributed by atoms with Crippen molar-refractivity contribution in [2.24, 2.45) is 5.41 Å². The van der Waals surface area contributed by atoms with Gasteiger partial charge in [0.25, 0.3) is 0 Å². The molecule has 1 N–H and O–H groups in total. The zero-order valence-corrected chi connectivity index (χ0v) is 18.2. The average molecular weight is 420 g/mol. The van der Waals surface area contributed by atoms with Gasteiger partial charge in [0, 0.05) is 36.9 Å². The van der Waals surface area contributed by atoms with Crippen LogP contribution in [0.3, 0.4) is 0 Å². The van der Waals surface area contributed by atoms with Gasteiger partial charge in [0.15, 0.2) is 0 Å². The van der Waals surface area contributed by atoms with Crippen LogP contribution in [0.25, 0.3) is 0 Å². The van der Waals surface area contributed by atoms with Crippen LogP contribution in [0.5, 0.6) is 0 Å². The van der Waals surface area contributed by atoms with Crippen molar-refractivity contribution < 1.29 is 16.0 Å². The number of carbonyl (C=O) groups is 1. The largest absolute Gasteiger partial charge is 0.367 e. The first-order valence-corrected chi connectivity index (χ1v) is 10.5. The van der Waals surface area contributed by atoms with Crippen LogP contribution >= 0.6 is 11.8 Å². The molecule has 1 aliphatic heterocycles. The minimum atomic E-state index is -2.84. The summed E-state index contributed by atoms with van der Waals surface area (Å²) in [7, 11) is 0. The Balaban J connectivity index is 1.99. The molecule has 0 bridgehead atoms. The molecule has 2 aromatic rings. The van der Waals surface area contributed by atoms with Gasteiger partial charge < -0.3 is 10.2 Å². The number of benzene rings is 2. The molecule has 0 spiro atoms. The molecule has 0 saturated carbocycles. The third kappa shape index (κ3) is 5.53. The van der Waals surface area contributed by atoms with Crippen LogP contribution in [0, 0.1) is 18.2 Å². The van der Waals surface area contributed by atoms with E-state index in [0.29, 0.717) is 47.4 Å². The lowest BCUT2D eigenvalue weighted by atomic mass is 9.92. The van der Waals surface area contributed by atoms with Crippen molar-refractivity contribution in [3.8, 4) is 0 Å². The van der Waals surface area contributed by atoms with Crippen LogP contribution in [0.4, 0.5) is 15.8 Å². The summed E-state index contributed by atoms with van der Waals surface area (Å²) in [6.45, 7) is 6.02. The van der Waals surface area contributed by atoms with E-state index in [1.165, 1.54) is 6.07 Å². The second-order valence-electron chi connectivity index (χ2n) is 8.71. The van der Waals surface area contributed by atoms with Crippen molar-refractivity contribution in [1.82, 2.24) is 0 Å². The molecule has 0 radical (unpaired) electrons. The maximum atomic E-state index is 13.6. The fourth-order valence-corrected chi connectivity index (χ4v) is 4.23. The number of amides is 1. The van der Waals surface area contributed by atoms with Crippen LogP contribution < -0.4 is 10.2 Å². The van der Waals surface area contributed by atoms with Crippen molar-refractivity contribution in [1.29, 1.82) is 0 Å². The quantitative estimate of drug-likeness (QED) is 0.587. The second kappa shape index (κ2) is 8.78. The van der Waals surface area contributed by atoms with Crippen molar-refractivity contribution in [2.45, 2.75) is 58.8 Å². The summed E-state index contributed by atoms with van der Waals surface area (Å²) in [5, 5.41) is 2.89. The van der Waals surface area contributed by atoms with Crippen LogP contribution in [0.1, 0.15) is 57.6 Å². The van der Waals surface area contributed by atoms with E-state index in [9.17, 15) is 9.18 Å². The standard InChI is InChI=1S/C24H31FN2OS/c1-6-29-21-13-20(11-16(2)23(21)26-22(28)14-24(3,4)5)27-10-9-17-12-19(25)8-7-18(17)15-27/h7-8,11-13H,6,9-10,14-15H2,1-5H3,(H,26,28)/i1D3,6D2. The van der Waals surface area contributed by atoms with Gasteiger partial charge in [0.1, 0.15) is 5.82 Å². The smallest absolute Gasteiger partial charge is 0.224 e. The van der Waals surface area contributed by atoms with E-state index in [4.69, 9.17) is 6.85 Å². The predicted molar refractivity (Wildman–Crippen MR) is 121 cm³/mol. The minimum Gasteiger partial charge on any atom is -0.367 e. The van der Waals surface area contributed by atoms with Gasteiger partial charge in [-0.15, -0.1) is 11.8 Å². The first-order chi connectivity index (χ1) is 15.6. The first-order valence-electron chi connectivity index (χ1n) is 12.2. The van der Waals surface area contributed by atoms with Crippen LogP contribution in [-0.2, 0) is 17.8 Å². The molecule has 5 heteroatoms. The summed E-state index contributed by atoms with van der Waals surface area (Å²) in [5.74, 6) is -0.474. The molecule has 1 amide bonds. The number of anilines is 2. The molecule has 2 aromatic carbocycles. The molecule has 1 heterocycles. The van der Waals surface area contributed by atoms with Crippen molar-refractivity contribution in [3.63, 3.8) is 0 Å². The maximum absolute atomic E-state index is 13.6. The number of halogens is 1. The highest BCUT2D eigenvalue weighted by Crippen LogP contribution is 2.37. The number of aryl methyl sites for hydroxylation is 1. The number of rotatable bonds is 5. The molecule has 0 saturated heterocycles. The molecule has 3 nitrogen and oxygen atoms in total. The van der Waals surface area contributed by atoms with Gasteiger partial charge in [0.05, 0.1) is 5.69 Å². The van der Waals surface area contributed by atoms with E-state index in [1.54, 1.807) is 18.2 Å². The van der Waals surface area contributed by atoms with E-state index in [0.717, 1.165) is 16.8 Å².